The molecule has 1 nitrogen and oxygen atoms in total. The second kappa shape index (κ2) is 2.74. The summed E-state index contributed by atoms with van der Waals surface area (Å²) in [5.41, 5.74) is -0.140. The first-order valence-corrected chi connectivity index (χ1v) is 3.34. The van der Waals surface area contributed by atoms with Crippen molar-refractivity contribution in [1.82, 2.24) is 0 Å². The van der Waals surface area contributed by atoms with E-state index in [0.717, 1.165) is 12.2 Å². The standard InChI is InChI=1S/C7H5ClF2O/c8-7(10)2-1-5(4-11)6(9)3-7/h1-2,4H,3H2. The molecule has 1 aliphatic carbocycles. The summed E-state index contributed by atoms with van der Waals surface area (Å²) in [6.07, 6.45) is 1.76. The van der Waals surface area contributed by atoms with E-state index in [9.17, 15) is 13.6 Å². The average Bonchev–Trinajstić information content (AvgIpc) is 1.86. The predicted molar refractivity (Wildman–Crippen MR) is 37.6 cm³/mol. The summed E-state index contributed by atoms with van der Waals surface area (Å²) in [4.78, 5) is 10.1. The van der Waals surface area contributed by atoms with E-state index in [1.165, 1.54) is 0 Å². The van der Waals surface area contributed by atoms with Crippen molar-refractivity contribution < 1.29 is 13.6 Å². The molecule has 0 fully saturated rings. The second-order valence-corrected chi connectivity index (χ2v) is 2.88. The molecule has 0 bridgehead atoms. The van der Waals surface area contributed by atoms with E-state index < -0.39 is 17.4 Å². The fourth-order valence-corrected chi connectivity index (χ4v) is 0.954. The van der Waals surface area contributed by atoms with Crippen molar-refractivity contribution in [2.75, 3.05) is 0 Å². The van der Waals surface area contributed by atoms with E-state index in [1.54, 1.807) is 0 Å². The van der Waals surface area contributed by atoms with E-state index in [0.29, 0.717) is 6.29 Å². The van der Waals surface area contributed by atoms with Gasteiger partial charge in [0, 0.05) is 5.57 Å². The summed E-state index contributed by atoms with van der Waals surface area (Å²) in [5.74, 6) is -0.806. The summed E-state index contributed by atoms with van der Waals surface area (Å²) >= 11 is 5.15. The first kappa shape index (κ1) is 8.40. The van der Waals surface area contributed by atoms with Gasteiger partial charge in [-0.05, 0) is 12.2 Å². The summed E-state index contributed by atoms with van der Waals surface area (Å²) in [5, 5.41) is -2.17. The lowest BCUT2D eigenvalue weighted by Gasteiger charge is -2.15. The monoisotopic (exact) mass is 178 g/mol. The zero-order chi connectivity index (χ0) is 8.48. The van der Waals surface area contributed by atoms with Crippen molar-refractivity contribution in [3.63, 3.8) is 0 Å². The van der Waals surface area contributed by atoms with Gasteiger partial charge in [-0.2, -0.15) is 0 Å². The van der Waals surface area contributed by atoms with Crippen LogP contribution in [-0.2, 0) is 4.79 Å². The van der Waals surface area contributed by atoms with Crippen LogP contribution in [0.15, 0.2) is 23.6 Å². The Kier molecular flexibility index (Phi) is 2.09. The van der Waals surface area contributed by atoms with Crippen LogP contribution in [0.25, 0.3) is 0 Å². The third kappa shape index (κ3) is 1.87. The molecule has 0 saturated carbocycles. The summed E-state index contributed by atoms with van der Waals surface area (Å²) in [7, 11) is 0. The molecule has 11 heavy (non-hydrogen) atoms. The quantitative estimate of drug-likeness (QED) is 0.445. The van der Waals surface area contributed by atoms with Crippen LogP contribution in [0.1, 0.15) is 6.42 Å². The topological polar surface area (TPSA) is 17.1 Å². The highest BCUT2D eigenvalue weighted by Crippen LogP contribution is 2.33. The SMILES string of the molecule is O=CC1=C(F)CC(F)(Cl)C=C1. The Labute approximate surface area is 67.3 Å². The van der Waals surface area contributed by atoms with Gasteiger partial charge in [0.25, 0.3) is 0 Å². The molecule has 0 saturated heterocycles. The Morgan fingerprint density at radius 3 is 2.82 bits per heavy atom. The smallest absolute Gasteiger partial charge is 0.208 e. The van der Waals surface area contributed by atoms with Crippen LogP contribution in [0.4, 0.5) is 8.78 Å². The molecule has 0 aromatic carbocycles. The summed E-state index contributed by atoms with van der Waals surface area (Å²) in [6, 6.07) is 0. The molecule has 0 N–H and O–H groups in total. The van der Waals surface area contributed by atoms with Crippen LogP contribution in [0.5, 0.6) is 0 Å². The lowest BCUT2D eigenvalue weighted by Crippen LogP contribution is -2.14. The molecule has 0 heterocycles. The maximum Gasteiger partial charge on any atom is 0.208 e. The molecule has 0 spiro atoms. The molecule has 1 unspecified atom stereocenters. The molecule has 0 radical (unpaired) electrons. The Hall–Kier alpha value is -0.700. The van der Waals surface area contributed by atoms with Gasteiger partial charge in [0.15, 0.2) is 6.29 Å². The molecule has 1 aliphatic rings. The van der Waals surface area contributed by atoms with Gasteiger partial charge in [-0.3, -0.25) is 4.79 Å². The lowest BCUT2D eigenvalue weighted by atomic mass is 10.1. The Balaban J connectivity index is 2.91. The van der Waals surface area contributed by atoms with Gasteiger partial charge in [-0.1, -0.05) is 11.6 Å². The molecular weight excluding hydrogens is 174 g/mol. The van der Waals surface area contributed by atoms with Crippen LogP contribution >= 0.6 is 11.6 Å². The maximum atomic E-state index is 12.7. The van der Waals surface area contributed by atoms with Crippen molar-refractivity contribution in [3.05, 3.63) is 23.6 Å². The zero-order valence-electron chi connectivity index (χ0n) is 5.48. The predicted octanol–water partition coefficient (Wildman–Crippen LogP) is 2.27. The number of rotatable bonds is 1. The minimum atomic E-state index is -2.17. The number of alkyl halides is 2. The van der Waals surface area contributed by atoms with Crippen molar-refractivity contribution in [1.29, 1.82) is 0 Å². The van der Waals surface area contributed by atoms with Crippen molar-refractivity contribution in [2.24, 2.45) is 0 Å². The van der Waals surface area contributed by atoms with E-state index in [2.05, 4.69) is 0 Å². The van der Waals surface area contributed by atoms with Gasteiger partial charge in [0.2, 0.25) is 5.13 Å². The Bertz CT molecular complexity index is 243. The number of hydrogen-bond acceptors (Lipinski definition) is 1. The molecular formula is C7H5ClF2O. The highest BCUT2D eigenvalue weighted by molar-refractivity contribution is 6.24. The lowest BCUT2D eigenvalue weighted by molar-refractivity contribution is -0.104. The number of hydrogen-bond donors (Lipinski definition) is 0. The van der Waals surface area contributed by atoms with E-state index in [4.69, 9.17) is 11.6 Å². The number of halogens is 3. The molecule has 0 aromatic heterocycles. The fourth-order valence-electron chi connectivity index (χ4n) is 0.773. The van der Waals surface area contributed by atoms with Gasteiger partial charge in [-0.15, -0.1) is 0 Å². The minimum Gasteiger partial charge on any atom is -0.298 e. The number of carbonyl (C=O) groups is 1. The second-order valence-electron chi connectivity index (χ2n) is 2.25. The van der Waals surface area contributed by atoms with Gasteiger partial charge in [0.1, 0.15) is 5.83 Å². The molecule has 0 aliphatic heterocycles. The molecule has 0 amide bonds. The highest BCUT2D eigenvalue weighted by Gasteiger charge is 2.29. The number of carbonyl (C=O) groups excluding carboxylic acids is 1. The fraction of sp³-hybridized carbons (Fsp3) is 0.286. The minimum absolute atomic E-state index is 0.140. The van der Waals surface area contributed by atoms with Gasteiger partial charge < -0.3 is 0 Å². The average molecular weight is 179 g/mol. The zero-order valence-corrected chi connectivity index (χ0v) is 6.24. The van der Waals surface area contributed by atoms with Crippen LogP contribution < -0.4 is 0 Å². The largest absolute Gasteiger partial charge is 0.298 e. The van der Waals surface area contributed by atoms with Gasteiger partial charge >= 0.3 is 0 Å². The van der Waals surface area contributed by atoms with Crippen molar-refractivity contribution in [3.8, 4) is 0 Å². The first-order chi connectivity index (χ1) is 5.05. The van der Waals surface area contributed by atoms with Crippen molar-refractivity contribution >= 4 is 17.9 Å². The van der Waals surface area contributed by atoms with Crippen LogP contribution in [0, 0.1) is 0 Å². The normalized spacial score (nSPS) is 30.8. The van der Waals surface area contributed by atoms with Gasteiger partial charge in [0.05, 0.1) is 6.42 Å². The van der Waals surface area contributed by atoms with E-state index in [1.807, 2.05) is 0 Å². The number of allylic oxidation sites excluding steroid dienone is 4. The first-order valence-electron chi connectivity index (χ1n) is 2.96. The van der Waals surface area contributed by atoms with Crippen LogP contribution in [0.2, 0.25) is 0 Å². The van der Waals surface area contributed by atoms with E-state index in [-0.39, 0.29) is 5.57 Å². The number of aldehydes is 1. The molecule has 4 heteroatoms. The molecule has 60 valence electrons. The molecule has 0 aromatic rings. The van der Waals surface area contributed by atoms with Crippen molar-refractivity contribution in [2.45, 2.75) is 11.5 Å². The Morgan fingerprint density at radius 2 is 2.36 bits per heavy atom. The maximum absolute atomic E-state index is 12.7. The Morgan fingerprint density at radius 1 is 1.73 bits per heavy atom. The molecule has 1 atom stereocenters. The molecule has 1 rings (SSSR count). The third-order valence-corrected chi connectivity index (χ3v) is 1.60. The highest BCUT2D eigenvalue weighted by atomic mass is 35.5. The summed E-state index contributed by atoms with van der Waals surface area (Å²) < 4.78 is 25.3. The third-order valence-electron chi connectivity index (χ3n) is 1.34. The van der Waals surface area contributed by atoms with E-state index >= 15 is 0 Å². The van der Waals surface area contributed by atoms with Crippen LogP contribution in [-0.4, -0.2) is 11.4 Å². The van der Waals surface area contributed by atoms with Gasteiger partial charge in [-0.25, -0.2) is 8.78 Å². The summed E-state index contributed by atoms with van der Waals surface area (Å²) in [6.45, 7) is 0. The van der Waals surface area contributed by atoms with Crippen LogP contribution in [0.3, 0.4) is 0 Å².